The minimum absolute atomic E-state index is 0.0718. The van der Waals surface area contributed by atoms with Crippen molar-refractivity contribution in [2.75, 3.05) is 5.32 Å². The van der Waals surface area contributed by atoms with Gasteiger partial charge in [0.2, 0.25) is 5.91 Å². The van der Waals surface area contributed by atoms with Crippen molar-refractivity contribution in [3.05, 3.63) is 46.3 Å². The first-order valence-corrected chi connectivity index (χ1v) is 6.37. The number of nitrogens with one attached hydrogen (secondary N) is 1. The van der Waals surface area contributed by atoms with Crippen LogP contribution in [-0.2, 0) is 11.3 Å². The predicted molar refractivity (Wildman–Crippen MR) is 75.3 cm³/mol. The molecule has 2 aromatic rings. The van der Waals surface area contributed by atoms with E-state index in [1.54, 1.807) is 13.0 Å². The van der Waals surface area contributed by atoms with Gasteiger partial charge < -0.3 is 10.1 Å². The molecule has 0 fully saturated rings. The molecule has 8 nitrogen and oxygen atoms in total. The zero-order chi connectivity index (χ0) is 17.0. The van der Waals surface area contributed by atoms with E-state index >= 15 is 0 Å². The smallest absolute Gasteiger partial charge is 0.387 e. The Bertz CT molecular complexity index is 733. The molecule has 122 valence electrons. The average molecular weight is 326 g/mol. The van der Waals surface area contributed by atoms with Gasteiger partial charge in [-0.25, -0.2) is 0 Å². The third-order valence-corrected chi connectivity index (χ3v) is 2.76. The Labute approximate surface area is 128 Å². The van der Waals surface area contributed by atoms with E-state index in [-0.39, 0.29) is 23.7 Å². The van der Waals surface area contributed by atoms with Crippen LogP contribution in [0.3, 0.4) is 0 Å². The van der Waals surface area contributed by atoms with Gasteiger partial charge in [-0.15, -0.1) is 0 Å². The van der Waals surface area contributed by atoms with Crippen molar-refractivity contribution in [1.29, 1.82) is 0 Å². The third-order valence-electron chi connectivity index (χ3n) is 2.76. The normalized spacial score (nSPS) is 10.6. The molecule has 2 rings (SSSR count). The Kier molecular flexibility index (Phi) is 4.84. The standard InChI is InChI=1S/C13H12F2N4O4/c1-8-2-3-10(11(4-8)23-13(14)15)17-12(20)7-18-6-9(5-16-18)19(21)22/h2-6,13H,7H2,1H3,(H,17,20). The fraction of sp³-hybridized carbons (Fsp3) is 0.231. The second-order valence-corrected chi connectivity index (χ2v) is 4.58. The highest BCUT2D eigenvalue weighted by molar-refractivity contribution is 5.92. The monoisotopic (exact) mass is 326 g/mol. The summed E-state index contributed by atoms with van der Waals surface area (Å²) >= 11 is 0. The lowest BCUT2D eigenvalue weighted by Gasteiger charge is -2.12. The molecule has 1 aromatic carbocycles. The number of aryl methyl sites for hydroxylation is 1. The van der Waals surface area contributed by atoms with Gasteiger partial charge in [-0.3, -0.25) is 19.6 Å². The highest BCUT2D eigenvalue weighted by Gasteiger charge is 2.14. The van der Waals surface area contributed by atoms with Crippen molar-refractivity contribution in [2.24, 2.45) is 0 Å². The topological polar surface area (TPSA) is 99.3 Å². The number of benzene rings is 1. The summed E-state index contributed by atoms with van der Waals surface area (Å²) in [7, 11) is 0. The van der Waals surface area contributed by atoms with Crippen LogP contribution < -0.4 is 10.1 Å². The van der Waals surface area contributed by atoms with Gasteiger partial charge in [0, 0.05) is 0 Å². The Balaban J connectivity index is 2.08. The summed E-state index contributed by atoms with van der Waals surface area (Å²) in [6.45, 7) is -1.65. The number of nitrogens with zero attached hydrogens (tertiary/aromatic N) is 3. The lowest BCUT2D eigenvalue weighted by atomic mass is 10.2. The first kappa shape index (κ1) is 16.3. The van der Waals surface area contributed by atoms with E-state index in [4.69, 9.17) is 0 Å². The molecule has 0 saturated carbocycles. The van der Waals surface area contributed by atoms with Crippen LogP contribution >= 0.6 is 0 Å². The Morgan fingerprint density at radius 1 is 1.52 bits per heavy atom. The molecule has 0 aliphatic heterocycles. The van der Waals surface area contributed by atoms with Gasteiger partial charge >= 0.3 is 12.3 Å². The minimum atomic E-state index is -3.03. The van der Waals surface area contributed by atoms with Crippen LogP contribution in [0.1, 0.15) is 5.56 Å². The number of nitro groups is 1. The first-order chi connectivity index (χ1) is 10.8. The average Bonchev–Trinajstić information content (AvgIpc) is 2.90. The van der Waals surface area contributed by atoms with Crippen LogP contribution in [0.15, 0.2) is 30.6 Å². The SMILES string of the molecule is Cc1ccc(NC(=O)Cn2cc([N+](=O)[O-])cn2)c(OC(F)F)c1. The summed E-state index contributed by atoms with van der Waals surface area (Å²) in [6, 6.07) is 4.41. The second kappa shape index (κ2) is 6.81. The summed E-state index contributed by atoms with van der Waals surface area (Å²) in [5.74, 6) is -0.759. The molecular formula is C13H12F2N4O4. The summed E-state index contributed by atoms with van der Waals surface area (Å²) in [4.78, 5) is 21.8. The molecule has 1 aromatic heterocycles. The maximum absolute atomic E-state index is 12.4. The molecule has 1 heterocycles. The van der Waals surface area contributed by atoms with Crippen LogP contribution in [0, 0.1) is 17.0 Å². The molecule has 0 bridgehead atoms. The summed E-state index contributed by atoms with van der Waals surface area (Å²) in [6.07, 6.45) is 2.09. The zero-order valence-electron chi connectivity index (χ0n) is 11.9. The fourth-order valence-corrected chi connectivity index (χ4v) is 1.80. The number of rotatable bonds is 6. The molecule has 1 amide bonds. The summed E-state index contributed by atoms with van der Waals surface area (Å²) in [5.41, 5.74) is 0.499. The molecule has 0 radical (unpaired) electrons. The lowest BCUT2D eigenvalue weighted by molar-refractivity contribution is -0.385. The third kappa shape index (κ3) is 4.46. The molecule has 0 atom stereocenters. The van der Waals surface area contributed by atoms with Crippen LogP contribution in [0.25, 0.3) is 0 Å². The van der Waals surface area contributed by atoms with Crippen molar-refractivity contribution < 1.29 is 23.2 Å². The van der Waals surface area contributed by atoms with Gasteiger partial charge in [0.15, 0.2) is 0 Å². The summed E-state index contributed by atoms with van der Waals surface area (Å²) < 4.78 is 30.2. The van der Waals surface area contributed by atoms with Crippen molar-refractivity contribution in [3.63, 3.8) is 0 Å². The molecule has 0 unspecified atom stereocenters. The predicted octanol–water partition coefficient (Wildman–Crippen LogP) is 2.34. The number of hydrogen-bond donors (Lipinski definition) is 1. The van der Waals surface area contributed by atoms with Gasteiger partial charge in [-0.1, -0.05) is 6.07 Å². The fourth-order valence-electron chi connectivity index (χ4n) is 1.80. The van der Waals surface area contributed by atoms with Crippen molar-refractivity contribution in [1.82, 2.24) is 9.78 Å². The zero-order valence-corrected chi connectivity index (χ0v) is 11.9. The molecule has 0 saturated heterocycles. The number of carbonyl (C=O) groups is 1. The van der Waals surface area contributed by atoms with E-state index in [0.717, 1.165) is 17.1 Å². The van der Waals surface area contributed by atoms with E-state index in [2.05, 4.69) is 15.2 Å². The second-order valence-electron chi connectivity index (χ2n) is 4.58. The quantitative estimate of drug-likeness (QED) is 0.649. The van der Waals surface area contributed by atoms with Crippen molar-refractivity contribution >= 4 is 17.3 Å². The van der Waals surface area contributed by atoms with Gasteiger partial charge in [-0.2, -0.15) is 13.9 Å². The Morgan fingerprint density at radius 3 is 2.87 bits per heavy atom. The Hall–Kier alpha value is -3.04. The molecule has 0 spiro atoms. The number of anilines is 1. The molecule has 1 N–H and O–H groups in total. The lowest BCUT2D eigenvalue weighted by Crippen LogP contribution is -2.19. The number of halogens is 2. The first-order valence-electron chi connectivity index (χ1n) is 6.37. The van der Waals surface area contributed by atoms with Crippen LogP contribution in [0.2, 0.25) is 0 Å². The highest BCUT2D eigenvalue weighted by atomic mass is 19.3. The molecule has 10 heteroatoms. The number of amides is 1. The summed E-state index contributed by atoms with van der Waals surface area (Å²) in [5, 5.41) is 16.6. The van der Waals surface area contributed by atoms with E-state index in [9.17, 15) is 23.7 Å². The Morgan fingerprint density at radius 2 is 2.26 bits per heavy atom. The number of alkyl halides is 2. The number of hydrogen-bond acceptors (Lipinski definition) is 5. The van der Waals surface area contributed by atoms with E-state index in [0.29, 0.717) is 5.56 Å². The van der Waals surface area contributed by atoms with E-state index in [1.807, 2.05) is 0 Å². The van der Waals surface area contributed by atoms with E-state index in [1.165, 1.54) is 12.1 Å². The largest absolute Gasteiger partial charge is 0.433 e. The van der Waals surface area contributed by atoms with Crippen LogP contribution in [0.4, 0.5) is 20.2 Å². The molecule has 23 heavy (non-hydrogen) atoms. The number of ether oxygens (including phenoxy) is 1. The van der Waals surface area contributed by atoms with Gasteiger partial charge in [0.05, 0.1) is 10.6 Å². The maximum atomic E-state index is 12.4. The number of aromatic nitrogens is 2. The maximum Gasteiger partial charge on any atom is 0.387 e. The highest BCUT2D eigenvalue weighted by Crippen LogP contribution is 2.27. The van der Waals surface area contributed by atoms with Gasteiger partial charge in [-0.05, 0) is 24.6 Å². The molecule has 0 aliphatic rings. The van der Waals surface area contributed by atoms with Crippen LogP contribution in [0.5, 0.6) is 5.75 Å². The molecule has 0 aliphatic carbocycles. The van der Waals surface area contributed by atoms with E-state index < -0.39 is 17.4 Å². The van der Waals surface area contributed by atoms with Gasteiger partial charge in [0.1, 0.15) is 24.7 Å². The van der Waals surface area contributed by atoms with Crippen molar-refractivity contribution in [3.8, 4) is 5.75 Å². The molecular weight excluding hydrogens is 314 g/mol. The van der Waals surface area contributed by atoms with Crippen LogP contribution in [-0.4, -0.2) is 27.2 Å². The number of carbonyl (C=O) groups excluding carboxylic acids is 1. The van der Waals surface area contributed by atoms with Crippen molar-refractivity contribution in [2.45, 2.75) is 20.1 Å². The van der Waals surface area contributed by atoms with Gasteiger partial charge in [0.25, 0.3) is 0 Å². The minimum Gasteiger partial charge on any atom is -0.433 e.